The van der Waals surface area contributed by atoms with Gasteiger partial charge in [-0.15, -0.1) is 0 Å². The second kappa shape index (κ2) is 6.78. The van der Waals surface area contributed by atoms with E-state index in [1.165, 1.54) is 13.0 Å². The molecular weight excluding hydrogens is 200 g/mol. The molecular formula is C10H14O5. The number of carboxylic acids is 1. The van der Waals surface area contributed by atoms with Gasteiger partial charge in [0.2, 0.25) is 0 Å². The molecule has 0 aromatic heterocycles. The van der Waals surface area contributed by atoms with E-state index in [2.05, 4.69) is 6.58 Å². The summed E-state index contributed by atoms with van der Waals surface area (Å²) in [5, 5.41) is 17.4. The molecule has 1 atom stereocenters. The second-order valence-corrected chi connectivity index (χ2v) is 2.87. The lowest BCUT2D eigenvalue weighted by molar-refractivity contribution is -0.144. The Bertz CT molecular complexity index is 280. The standard InChI is InChI=1S/C10H14O5/c1-3-9(12)15-8(6-11)5-4-7(2)10(13)14/h3-4,8,11H,1,5-6H2,2H3,(H,13,14)/b7-4+. The van der Waals surface area contributed by atoms with Crippen molar-refractivity contribution in [3.05, 3.63) is 24.3 Å². The van der Waals surface area contributed by atoms with E-state index in [0.717, 1.165) is 6.08 Å². The average molecular weight is 214 g/mol. The number of aliphatic hydroxyl groups is 1. The van der Waals surface area contributed by atoms with Crippen LogP contribution in [-0.2, 0) is 14.3 Å². The van der Waals surface area contributed by atoms with Crippen molar-refractivity contribution < 1.29 is 24.5 Å². The molecule has 5 nitrogen and oxygen atoms in total. The number of hydrogen-bond acceptors (Lipinski definition) is 4. The number of hydrogen-bond donors (Lipinski definition) is 2. The van der Waals surface area contributed by atoms with Gasteiger partial charge in [-0.2, -0.15) is 0 Å². The Morgan fingerprint density at radius 2 is 2.13 bits per heavy atom. The maximum Gasteiger partial charge on any atom is 0.330 e. The lowest BCUT2D eigenvalue weighted by Crippen LogP contribution is -2.20. The Kier molecular flexibility index (Phi) is 6.05. The topological polar surface area (TPSA) is 83.8 Å². The number of esters is 1. The fourth-order valence-corrected chi connectivity index (χ4v) is 0.768. The Labute approximate surface area is 87.7 Å². The SMILES string of the molecule is C=CC(=O)OC(CO)C/C=C(\C)C(=O)O. The summed E-state index contributed by atoms with van der Waals surface area (Å²) >= 11 is 0. The lowest BCUT2D eigenvalue weighted by Gasteiger charge is -2.11. The smallest absolute Gasteiger partial charge is 0.330 e. The van der Waals surface area contributed by atoms with Crippen molar-refractivity contribution in [3.63, 3.8) is 0 Å². The van der Waals surface area contributed by atoms with Crippen LogP contribution in [0.4, 0.5) is 0 Å². The third-order valence-electron chi connectivity index (χ3n) is 1.68. The molecule has 0 radical (unpaired) electrons. The van der Waals surface area contributed by atoms with Gasteiger partial charge < -0.3 is 14.9 Å². The van der Waals surface area contributed by atoms with Gasteiger partial charge in [0.15, 0.2) is 0 Å². The maximum absolute atomic E-state index is 10.8. The molecule has 1 unspecified atom stereocenters. The monoisotopic (exact) mass is 214 g/mol. The molecule has 15 heavy (non-hydrogen) atoms. The van der Waals surface area contributed by atoms with E-state index >= 15 is 0 Å². The number of carbonyl (C=O) groups excluding carboxylic acids is 1. The van der Waals surface area contributed by atoms with Gasteiger partial charge in [-0.05, 0) is 6.92 Å². The molecule has 0 bridgehead atoms. The van der Waals surface area contributed by atoms with Crippen LogP contribution in [0.1, 0.15) is 13.3 Å². The number of aliphatic hydroxyl groups excluding tert-OH is 1. The van der Waals surface area contributed by atoms with E-state index in [-0.39, 0.29) is 18.6 Å². The van der Waals surface area contributed by atoms with Gasteiger partial charge in [0, 0.05) is 18.1 Å². The number of aliphatic carboxylic acids is 1. The van der Waals surface area contributed by atoms with Gasteiger partial charge in [-0.25, -0.2) is 9.59 Å². The quantitative estimate of drug-likeness (QED) is 0.496. The summed E-state index contributed by atoms with van der Waals surface area (Å²) in [7, 11) is 0. The third-order valence-corrected chi connectivity index (χ3v) is 1.68. The molecule has 0 aliphatic carbocycles. The molecule has 0 aliphatic rings. The molecule has 0 rings (SSSR count). The zero-order chi connectivity index (χ0) is 11.8. The minimum Gasteiger partial charge on any atom is -0.478 e. The highest BCUT2D eigenvalue weighted by Gasteiger charge is 2.10. The van der Waals surface area contributed by atoms with Crippen LogP contribution in [0, 0.1) is 0 Å². The van der Waals surface area contributed by atoms with Crippen molar-refractivity contribution in [2.45, 2.75) is 19.4 Å². The highest BCUT2D eigenvalue weighted by atomic mass is 16.5. The zero-order valence-corrected chi connectivity index (χ0v) is 8.47. The molecule has 84 valence electrons. The van der Waals surface area contributed by atoms with Gasteiger partial charge >= 0.3 is 11.9 Å². The number of carbonyl (C=O) groups is 2. The lowest BCUT2D eigenvalue weighted by atomic mass is 10.2. The van der Waals surface area contributed by atoms with Gasteiger partial charge in [0.05, 0.1) is 6.61 Å². The van der Waals surface area contributed by atoms with E-state index in [1.54, 1.807) is 0 Å². The first-order chi connectivity index (χ1) is 7.01. The first-order valence-corrected chi connectivity index (χ1v) is 4.35. The average Bonchev–Trinajstić information content (AvgIpc) is 2.22. The van der Waals surface area contributed by atoms with Crippen molar-refractivity contribution in [1.29, 1.82) is 0 Å². The molecule has 0 amide bonds. The Hall–Kier alpha value is -1.62. The predicted octanol–water partition coefficient (Wildman–Crippen LogP) is 0.497. The molecule has 2 N–H and O–H groups in total. The summed E-state index contributed by atoms with van der Waals surface area (Å²) in [6.07, 6.45) is 1.80. The summed E-state index contributed by atoms with van der Waals surface area (Å²) in [5.74, 6) is -1.68. The van der Waals surface area contributed by atoms with E-state index in [9.17, 15) is 9.59 Å². The normalized spacial score (nSPS) is 13.1. The fourth-order valence-electron chi connectivity index (χ4n) is 0.768. The van der Waals surface area contributed by atoms with E-state index < -0.39 is 18.0 Å². The Morgan fingerprint density at radius 3 is 2.53 bits per heavy atom. The van der Waals surface area contributed by atoms with Crippen LogP contribution in [0.3, 0.4) is 0 Å². The highest BCUT2D eigenvalue weighted by Crippen LogP contribution is 2.03. The summed E-state index contributed by atoms with van der Waals surface area (Å²) in [4.78, 5) is 21.2. The van der Waals surface area contributed by atoms with Crippen LogP contribution in [0.15, 0.2) is 24.3 Å². The first kappa shape index (κ1) is 13.4. The molecule has 0 spiro atoms. The van der Waals surface area contributed by atoms with Crippen LogP contribution in [0.5, 0.6) is 0 Å². The second-order valence-electron chi connectivity index (χ2n) is 2.87. The number of ether oxygens (including phenoxy) is 1. The third kappa shape index (κ3) is 5.64. The number of rotatable bonds is 6. The predicted molar refractivity (Wildman–Crippen MR) is 53.2 cm³/mol. The van der Waals surface area contributed by atoms with Crippen LogP contribution in [0.25, 0.3) is 0 Å². The van der Waals surface area contributed by atoms with Crippen molar-refractivity contribution in [3.8, 4) is 0 Å². The minimum atomic E-state index is -1.04. The summed E-state index contributed by atoms with van der Waals surface area (Å²) in [6.45, 7) is 4.27. The van der Waals surface area contributed by atoms with Crippen LogP contribution in [0.2, 0.25) is 0 Å². The zero-order valence-electron chi connectivity index (χ0n) is 8.47. The van der Waals surface area contributed by atoms with Crippen molar-refractivity contribution >= 4 is 11.9 Å². The Morgan fingerprint density at radius 1 is 1.53 bits per heavy atom. The molecule has 0 heterocycles. The summed E-state index contributed by atoms with van der Waals surface area (Å²) in [6, 6.07) is 0. The molecule has 5 heteroatoms. The summed E-state index contributed by atoms with van der Waals surface area (Å²) < 4.78 is 4.73. The number of carboxylic acid groups (broad SMARTS) is 1. The van der Waals surface area contributed by atoms with Crippen LogP contribution >= 0.6 is 0 Å². The van der Waals surface area contributed by atoms with Crippen molar-refractivity contribution in [1.82, 2.24) is 0 Å². The van der Waals surface area contributed by atoms with E-state index in [4.69, 9.17) is 14.9 Å². The minimum absolute atomic E-state index is 0.142. The molecule has 0 aromatic carbocycles. The fraction of sp³-hybridized carbons (Fsp3) is 0.400. The molecule has 0 aromatic rings. The highest BCUT2D eigenvalue weighted by molar-refractivity contribution is 5.85. The Balaban J connectivity index is 4.22. The summed E-state index contributed by atoms with van der Waals surface area (Å²) in [5.41, 5.74) is 0.142. The first-order valence-electron chi connectivity index (χ1n) is 4.35. The van der Waals surface area contributed by atoms with E-state index in [0.29, 0.717) is 0 Å². The molecule has 0 aliphatic heterocycles. The van der Waals surface area contributed by atoms with Gasteiger partial charge in [0.1, 0.15) is 6.10 Å². The van der Waals surface area contributed by atoms with Gasteiger partial charge in [0.25, 0.3) is 0 Å². The maximum atomic E-state index is 10.8. The van der Waals surface area contributed by atoms with Crippen molar-refractivity contribution in [2.75, 3.05) is 6.61 Å². The molecule has 0 saturated heterocycles. The van der Waals surface area contributed by atoms with Crippen molar-refractivity contribution in [2.24, 2.45) is 0 Å². The largest absolute Gasteiger partial charge is 0.478 e. The van der Waals surface area contributed by atoms with Gasteiger partial charge in [-0.3, -0.25) is 0 Å². The van der Waals surface area contributed by atoms with Crippen LogP contribution < -0.4 is 0 Å². The van der Waals surface area contributed by atoms with Gasteiger partial charge in [-0.1, -0.05) is 12.7 Å². The van der Waals surface area contributed by atoms with Crippen LogP contribution in [-0.4, -0.2) is 34.9 Å². The molecule has 0 fully saturated rings. The van der Waals surface area contributed by atoms with E-state index in [1.807, 2.05) is 0 Å². The molecule has 0 saturated carbocycles.